The lowest BCUT2D eigenvalue weighted by atomic mass is 10.2. The Morgan fingerprint density at radius 2 is 2.41 bits per heavy atom. The van der Waals surface area contributed by atoms with Gasteiger partial charge >= 0.3 is 0 Å². The molecule has 120 valence electrons. The van der Waals surface area contributed by atoms with Crippen molar-refractivity contribution in [1.29, 1.82) is 0 Å². The summed E-state index contributed by atoms with van der Waals surface area (Å²) in [5.74, 6) is -0.466. The van der Waals surface area contributed by atoms with E-state index in [4.69, 9.17) is 9.84 Å². The first-order valence-corrected chi connectivity index (χ1v) is 7.07. The molecule has 2 amide bonds. The van der Waals surface area contributed by atoms with E-state index in [-0.39, 0.29) is 24.5 Å². The number of ether oxygens (including phenoxy) is 1. The van der Waals surface area contributed by atoms with E-state index in [0.717, 1.165) is 0 Å². The Bertz CT molecular complexity index is 543. The van der Waals surface area contributed by atoms with Gasteiger partial charge in [0.1, 0.15) is 0 Å². The molecule has 0 aliphatic carbocycles. The fourth-order valence-electron chi connectivity index (χ4n) is 2.20. The molecule has 8 nitrogen and oxygen atoms in total. The second-order valence-corrected chi connectivity index (χ2v) is 4.95. The lowest BCUT2D eigenvalue weighted by Crippen LogP contribution is -2.46. The van der Waals surface area contributed by atoms with Crippen LogP contribution in [0.3, 0.4) is 0 Å². The van der Waals surface area contributed by atoms with E-state index in [1.54, 1.807) is 11.1 Å². The number of carbonyl (C=O) groups excluding carboxylic acids is 2. The van der Waals surface area contributed by atoms with Crippen molar-refractivity contribution in [3.63, 3.8) is 0 Å². The largest absolute Gasteiger partial charge is 0.394 e. The van der Waals surface area contributed by atoms with Gasteiger partial charge in [-0.1, -0.05) is 6.58 Å². The second kappa shape index (κ2) is 7.71. The van der Waals surface area contributed by atoms with Crippen molar-refractivity contribution in [2.75, 3.05) is 32.9 Å². The molecule has 22 heavy (non-hydrogen) atoms. The van der Waals surface area contributed by atoms with Gasteiger partial charge in [-0.2, -0.15) is 5.10 Å². The summed E-state index contributed by atoms with van der Waals surface area (Å²) in [6.07, 6.45) is 4.26. The van der Waals surface area contributed by atoms with Gasteiger partial charge in [-0.25, -0.2) is 0 Å². The molecular weight excluding hydrogens is 288 g/mol. The number of nitrogens with one attached hydrogen (secondary N) is 1. The molecule has 1 unspecified atom stereocenters. The van der Waals surface area contributed by atoms with Crippen LogP contribution in [0.15, 0.2) is 25.0 Å². The third kappa shape index (κ3) is 4.15. The Labute approximate surface area is 128 Å². The molecule has 1 atom stereocenters. The average Bonchev–Trinajstić information content (AvgIpc) is 2.86. The van der Waals surface area contributed by atoms with E-state index in [9.17, 15) is 9.59 Å². The highest BCUT2D eigenvalue weighted by Crippen LogP contribution is 2.04. The normalized spacial score (nSPS) is 18.6. The quantitative estimate of drug-likeness (QED) is 0.682. The molecule has 1 aromatic heterocycles. The fraction of sp³-hybridized carbons (Fsp3) is 0.500. The molecule has 0 radical (unpaired) electrons. The molecule has 1 aliphatic rings. The lowest BCUT2D eigenvalue weighted by Gasteiger charge is -2.22. The van der Waals surface area contributed by atoms with Crippen molar-refractivity contribution in [2.45, 2.75) is 12.6 Å². The van der Waals surface area contributed by atoms with Gasteiger partial charge in [0.2, 0.25) is 5.91 Å². The Hall–Kier alpha value is -2.19. The van der Waals surface area contributed by atoms with Crippen molar-refractivity contribution >= 4 is 11.8 Å². The van der Waals surface area contributed by atoms with Crippen molar-refractivity contribution in [1.82, 2.24) is 20.0 Å². The zero-order valence-electron chi connectivity index (χ0n) is 12.3. The molecule has 2 rings (SSSR count). The van der Waals surface area contributed by atoms with Gasteiger partial charge in [0.05, 0.1) is 44.2 Å². The number of aliphatic hydroxyl groups is 1. The predicted octanol–water partition coefficient (Wildman–Crippen LogP) is -0.981. The SMILES string of the molecule is C=CC(=O)N1CCOCC(NC(=O)c2cnn(CCO)c2)C1. The monoisotopic (exact) mass is 308 g/mol. The molecule has 2 N–H and O–H groups in total. The number of nitrogens with zero attached hydrogens (tertiary/aromatic N) is 3. The van der Waals surface area contributed by atoms with E-state index in [1.807, 2.05) is 0 Å². The van der Waals surface area contributed by atoms with Gasteiger partial charge in [-0.05, 0) is 6.08 Å². The summed E-state index contributed by atoms with van der Waals surface area (Å²) in [6, 6.07) is -0.292. The highest BCUT2D eigenvalue weighted by Gasteiger charge is 2.23. The molecule has 0 bridgehead atoms. The van der Waals surface area contributed by atoms with Crippen LogP contribution < -0.4 is 5.32 Å². The molecule has 1 fully saturated rings. The Morgan fingerprint density at radius 1 is 1.59 bits per heavy atom. The van der Waals surface area contributed by atoms with E-state index in [0.29, 0.717) is 38.4 Å². The highest BCUT2D eigenvalue weighted by atomic mass is 16.5. The summed E-state index contributed by atoms with van der Waals surface area (Å²) in [5, 5.41) is 15.7. The molecule has 1 aliphatic heterocycles. The number of aliphatic hydroxyl groups excluding tert-OH is 1. The van der Waals surface area contributed by atoms with Crippen LogP contribution in [0.25, 0.3) is 0 Å². The first kappa shape index (κ1) is 16.2. The van der Waals surface area contributed by atoms with Crippen LogP contribution in [0.1, 0.15) is 10.4 Å². The summed E-state index contributed by atoms with van der Waals surface area (Å²) in [7, 11) is 0. The van der Waals surface area contributed by atoms with E-state index >= 15 is 0 Å². The third-order valence-corrected chi connectivity index (χ3v) is 3.31. The molecule has 1 aromatic rings. The maximum atomic E-state index is 12.2. The minimum atomic E-state index is -0.292. The van der Waals surface area contributed by atoms with Crippen LogP contribution in [0.5, 0.6) is 0 Å². The summed E-state index contributed by atoms with van der Waals surface area (Å²) < 4.78 is 6.91. The van der Waals surface area contributed by atoms with Gasteiger partial charge in [-0.3, -0.25) is 14.3 Å². The topological polar surface area (TPSA) is 96.7 Å². The van der Waals surface area contributed by atoms with E-state index in [1.165, 1.54) is 17.0 Å². The van der Waals surface area contributed by atoms with Gasteiger partial charge in [0.25, 0.3) is 5.91 Å². The van der Waals surface area contributed by atoms with Crippen LogP contribution in [-0.2, 0) is 16.1 Å². The second-order valence-electron chi connectivity index (χ2n) is 4.95. The van der Waals surface area contributed by atoms with Crippen LogP contribution >= 0.6 is 0 Å². The zero-order chi connectivity index (χ0) is 15.9. The number of amides is 2. The Morgan fingerprint density at radius 3 is 3.14 bits per heavy atom. The molecular formula is C14H20N4O4. The first-order chi connectivity index (χ1) is 10.6. The van der Waals surface area contributed by atoms with E-state index < -0.39 is 0 Å². The Kier molecular flexibility index (Phi) is 5.68. The number of hydrogen-bond donors (Lipinski definition) is 2. The van der Waals surface area contributed by atoms with Crippen molar-refractivity contribution in [3.05, 3.63) is 30.6 Å². The molecule has 0 saturated carbocycles. The van der Waals surface area contributed by atoms with Crippen LogP contribution in [0.2, 0.25) is 0 Å². The molecule has 8 heteroatoms. The number of carbonyl (C=O) groups is 2. The standard InChI is InChI=1S/C14H20N4O4/c1-2-13(20)17-4-6-22-10-12(9-17)16-14(21)11-7-15-18(8-11)3-5-19/h2,7-8,12,19H,1,3-6,9-10H2,(H,16,21). The molecule has 1 saturated heterocycles. The van der Waals surface area contributed by atoms with Crippen molar-refractivity contribution in [2.24, 2.45) is 0 Å². The smallest absolute Gasteiger partial charge is 0.254 e. The number of aromatic nitrogens is 2. The van der Waals surface area contributed by atoms with Gasteiger partial charge in [0, 0.05) is 19.3 Å². The zero-order valence-corrected chi connectivity index (χ0v) is 12.3. The summed E-state index contributed by atoms with van der Waals surface area (Å²) in [6.45, 7) is 5.39. The maximum absolute atomic E-state index is 12.2. The lowest BCUT2D eigenvalue weighted by molar-refractivity contribution is -0.126. The van der Waals surface area contributed by atoms with Gasteiger partial charge < -0.3 is 20.1 Å². The Balaban J connectivity index is 1.96. The third-order valence-electron chi connectivity index (χ3n) is 3.31. The number of hydrogen-bond acceptors (Lipinski definition) is 5. The summed E-state index contributed by atoms with van der Waals surface area (Å²) in [4.78, 5) is 25.5. The van der Waals surface area contributed by atoms with Gasteiger partial charge in [-0.15, -0.1) is 0 Å². The predicted molar refractivity (Wildman–Crippen MR) is 78.2 cm³/mol. The molecule has 2 heterocycles. The van der Waals surface area contributed by atoms with Crippen molar-refractivity contribution < 1.29 is 19.4 Å². The van der Waals surface area contributed by atoms with Crippen LogP contribution in [0.4, 0.5) is 0 Å². The first-order valence-electron chi connectivity index (χ1n) is 7.07. The van der Waals surface area contributed by atoms with Crippen molar-refractivity contribution in [3.8, 4) is 0 Å². The molecule has 0 spiro atoms. The van der Waals surface area contributed by atoms with Gasteiger partial charge in [0.15, 0.2) is 0 Å². The summed E-state index contributed by atoms with van der Waals surface area (Å²) >= 11 is 0. The van der Waals surface area contributed by atoms with Crippen LogP contribution in [0, 0.1) is 0 Å². The average molecular weight is 308 g/mol. The highest BCUT2D eigenvalue weighted by molar-refractivity contribution is 5.94. The minimum absolute atomic E-state index is 0.0438. The molecule has 0 aromatic carbocycles. The number of rotatable bonds is 5. The van der Waals surface area contributed by atoms with E-state index in [2.05, 4.69) is 17.0 Å². The van der Waals surface area contributed by atoms with Crippen LogP contribution in [-0.4, -0.2) is 70.6 Å². The maximum Gasteiger partial charge on any atom is 0.254 e. The fourth-order valence-corrected chi connectivity index (χ4v) is 2.20. The summed E-state index contributed by atoms with van der Waals surface area (Å²) in [5.41, 5.74) is 0.402. The minimum Gasteiger partial charge on any atom is -0.394 e.